The van der Waals surface area contributed by atoms with E-state index in [9.17, 15) is 24.8 Å². The van der Waals surface area contributed by atoms with Gasteiger partial charge in [-0.1, -0.05) is 30.3 Å². The number of hydrogen-bond donors (Lipinski definition) is 1. The van der Waals surface area contributed by atoms with Crippen molar-refractivity contribution in [2.45, 2.75) is 12.6 Å². The lowest BCUT2D eigenvalue weighted by molar-refractivity contribution is -0.384. The lowest BCUT2D eigenvalue weighted by Crippen LogP contribution is -2.29. The fourth-order valence-electron chi connectivity index (χ4n) is 3.75. The van der Waals surface area contributed by atoms with Crippen LogP contribution in [0.25, 0.3) is 5.76 Å². The van der Waals surface area contributed by atoms with Gasteiger partial charge in [0, 0.05) is 23.3 Å². The smallest absolute Gasteiger partial charge is 0.296 e. The number of carbonyl (C=O) groups is 2. The van der Waals surface area contributed by atoms with Gasteiger partial charge < -0.3 is 19.2 Å². The highest BCUT2D eigenvalue weighted by atomic mass is 16.6. The van der Waals surface area contributed by atoms with Crippen LogP contribution in [0.5, 0.6) is 5.75 Å². The fraction of sp³-hybridized carbons (Fsp3) is 0.130. The Bertz CT molecular complexity index is 1230. The molecule has 1 aliphatic rings. The predicted molar refractivity (Wildman–Crippen MR) is 113 cm³/mol. The number of para-hydroxylation sites is 1. The minimum absolute atomic E-state index is 0.0218. The fourth-order valence-corrected chi connectivity index (χ4v) is 3.75. The Labute approximate surface area is 182 Å². The van der Waals surface area contributed by atoms with E-state index in [0.29, 0.717) is 17.1 Å². The van der Waals surface area contributed by atoms with E-state index in [2.05, 4.69) is 0 Å². The summed E-state index contributed by atoms with van der Waals surface area (Å²) in [7, 11) is 1.46. The van der Waals surface area contributed by atoms with E-state index in [1.165, 1.54) is 36.5 Å². The molecule has 1 fully saturated rings. The van der Waals surface area contributed by atoms with Crippen LogP contribution in [0, 0.1) is 10.1 Å². The third-order valence-corrected chi connectivity index (χ3v) is 5.21. The highest BCUT2D eigenvalue weighted by molar-refractivity contribution is 6.46. The van der Waals surface area contributed by atoms with Crippen molar-refractivity contribution in [2.24, 2.45) is 0 Å². The van der Waals surface area contributed by atoms with Gasteiger partial charge in [0.25, 0.3) is 17.4 Å². The number of nitro benzene ring substituents is 1. The molecule has 0 bridgehead atoms. The number of hydrogen-bond acceptors (Lipinski definition) is 7. The molecule has 4 rings (SSSR count). The number of aliphatic hydroxyl groups excluding tert-OH is 1. The number of benzene rings is 2. The Balaban J connectivity index is 1.92. The first kappa shape index (κ1) is 20.9. The Kier molecular flexibility index (Phi) is 5.46. The largest absolute Gasteiger partial charge is 0.507 e. The van der Waals surface area contributed by atoms with Crippen molar-refractivity contribution >= 4 is 23.1 Å². The maximum atomic E-state index is 13.0. The highest BCUT2D eigenvalue weighted by Gasteiger charge is 2.47. The molecule has 1 amide bonds. The quantitative estimate of drug-likeness (QED) is 0.206. The van der Waals surface area contributed by atoms with Gasteiger partial charge in [0.15, 0.2) is 0 Å². The summed E-state index contributed by atoms with van der Waals surface area (Å²) in [5.41, 5.74) is 0.0853. The van der Waals surface area contributed by atoms with Crippen LogP contribution in [0.4, 0.5) is 5.69 Å². The van der Waals surface area contributed by atoms with Crippen LogP contribution in [-0.4, -0.2) is 33.7 Å². The van der Waals surface area contributed by atoms with Crippen LogP contribution in [-0.2, 0) is 16.1 Å². The average molecular weight is 434 g/mol. The van der Waals surface area contributed by atoms with Gasteiger partial charge in [0.1, 0.15) is 17.3 Å². The highest BCUT2D eigenvalue weighted by Crippen LogP contribution is 2.43. The van der Waals surface area contributed by atoms with Gasteiger partial charge in [-0.05, 0) is 18.2 Å². The molecule has 0 radical (unpaired) electrons. The van der Waals surface area contributed by atoms with Crippen molar-refractivity contribution in [2.75, 3.05) is 7.11 Å². The second kappa shape index (κ2) is 8.38. The van der Waals surface area contributed by atoms with Crippen molar-refractivity contribution in [3.05, 3.63) is 99.5 Å². The maximum Gasteiger partial charge on any atom is 0.296 e. The first-order valence-electron chi connectivity index (χ1n) is 9.61. The number of aliphatic hydroxyl groups is 1. The molecule has 9 nitrogen and oxygen atoms in total. The van der Waals surface area contributed by atoms with E-state index < -0.39 is 28.4 Å². The number of carbonyl (C=O) groups excluding carboxylic acids is 2. The van der Waals surface area contributed by atoms with E-state index in [-0.39, 0.29) is 23.4 Å². The lowest BCUT2D eigenvalue weighted by Gasteiger charge is -2.25. The van der Waals surface area contributed by atoms with Crippen LogP contribution >= 0.6 is 0 Å². The number of Topliss-reactive ketones (excluding diaryl/α,β-unsaturated/α-hetero) is 1. The molecule has 1 N–H and O–H groups in total. The van der Waals surface area contributed by atoms with Gasteiger partial charge in [0.2, 0.25) is 0 Å². The van der Waals surface area contributed by atoms with Crippen molar-refractivity contribution in [1.82, 2.24) is 4.90 Å². The van der Waals surface area contributed by atoms with E-state index >= 15 is 0 Å². The molecular formula is C23H18N2O7. The summed E-state index contributed by atoms with van der Waals surface area (Å²) >= 11 is 0. The summed E-state index contributed by atoms with van der Waals surface area (Å²) in [6, 6.07) is 14.4. The molecule has 1 aromatic heterocycles. The minimum Gasteiger partial charge on any atom is -0.507 e. The molecule has 162 valence electrons. The Morgan fingerprint density at radius 1 is 1.16 bits per heavy atom. The summed E-state index contributed by atoms with van der Waals surface area (Å²) in [4.78, 5) is 37.9. The number of likely N-dealkylation sites (tertiary alicyclic amines) is 1. The van der Waals surface area contributed by atoms with Crippen LogP contribution in [0.3, 0.4) is 0 Å². The van der Waals surface area contributed by atoms with Crippen LogP contribution in [0.1, 0.15) is 22.9 Å². The number of nitro groups is 1. The summed E-state index contributed by atoms with van der Waals surface area (Å²) < 4.78 is 10.8. The summed E-state index contributed by atoms with van der Waals surface area (Å²) in [6.07, 6.45) is 1.45. The minimum atomic E-state index is -0.990. The van der Waals surface area contributed by atoms with E-state index in [0.717, 1.165) is 6.07 Å². The normalized spacial score (nSPS) is 17.5. The zero-order valence-electron chi connectivity index (χ0n) is 16.9. The summed E-state index contributed by atoms with van der Waals surface area (Å²) in [5.74, 6) is -1.39. The van der Waals surface area contributed by atoms with E-state index in [1.807, 2.05) is 0 Å². The van der Waals surface area contributed by atoms with Gasteiger partial charge in [-0.3, -0.25) is 19.7 Å². The number of rotatable bonds is 6. The van der Waals surface area contributed by atoms with E-state index in [4.69, 9.17) is 9.15 Å². The second-order valence-corrected chi connectivity index (χ2v) is 7.06. The topological polar surface area (TPSA) is 123 Å². The van der Waals surface area contributed by atoms with Crippen molar-refractivity contribution in [1.29, 1.82) is 0 Å². The van der Waals surface area contributed by atoms with Crippen LogP contribution in [0.15, 0.2) is 76.9 Å². The van der Waals surface area contributed by atoms with Gasteiger partial charge in [-0.25, -0.2) is 0 Å². The number of amides is 1. The Morgan fingerprint density at radius 2 is 1.94 bits per heavy atom. The molecule has 2 aromatic carbocycles. The summed E-state index contributed by atoms with van der Waals surface area (Å²) in [6.45, 7) is -0.0218. The molecule has 0 saturated carbocycles. The predicted octanol–water partition coefficient (Wildman–Crippen LogP) is 3.82. The first-order valence-corrected chi connectivity index (χ1v) is 9.61. The number of non-ortho nitro benzene ring substituents is 1. The number of ketones is 1. The molecular weight excluding hydrogens is 416 g/mol. The maximum absolute atomic E-state index is 13.0. The van der Waals surface area contributed by atoms with Crippen molar-refractivity contribution < 1.29 is 28.8 Å². The molecule has 1 atom stereocenters. The van der Waals surface area contributed by atoms with Gasteiger partial charge >= 0.3 is 0 Å². The zero-order valence-corrected chi connectivity index (χ0v) is 16.9. The molecule has 2 heterocycles. The number of nitrogens with zero attached hydrogens (tertiary/aromatic N) is 2. The molecule has 0 spiro atoms. The molecule has 1 saturated heterocycles. The molecule has 0 aliphatic carbocycles. The third-order valence-electron chi connectivity index (χ3n) is 5.21. The van der Waals surface area contributed by atoms with Gasteiger partial charge in [-0.15, -0.1) is 0 Å². The number of methoxy groups -OCH3 is 1. The van der Waals surface area contributed by atoms with Gasteiger partial charge in [0.05, 0.1) is 36.5 Å². The molecule has 1 unspecified atom stereocenters. The van der Waals surface area contributed by atoms with Crippen molar-refractivity contribution in [3.63, 3.8) is 0 Å². The number of ether oxygens (including phenoxy) is 1. The Hall–Kier alpha value is -4.40. The van der Waals surface area contributed by atoms with Crippen molar-refractivity contribution in [3.8, 4) is 5.75 Å². The second-order valence-electron chi connectivity index (χ2n) is 7.06. The molecule has 1 aliphatic heterocycles. The number of furan rings is 1. The first-order chi connectivity index (χ1) is 15.4. The standard InChI is InChI=1S/C23H18N2O7/c1-31-18-10-3-2-9-17(18)20-19(21(26)14-6-4-7-15(12-14)25(29)30)22(27)23(28)24(20)13-16-8-5-11-32-16/h2-12,20,26H,13H2,1H3/b21-19-. The van der Waals surface area contributed by atoms with Gasteiger partial charge in [-0.2, -0.15) is 0 Å². The third kappa shape index (κ3) is 3.60. The SMILES string of the molecule is COc1ccccc1C1/C(=C(/O)c2cccc([N+](=O)[O-])c2)C(=O)C(=O)N1Cc1ccco1. The molecule has 3 aromatic rings. The van der Waals surface area contributed by atoms with E-state index in [1.54, 1.807) is 36.4 Å². The average Bonchev–Trinajstić information content (AvgIpc) is 3.41. The van der Waals surface area contributed by atoms with Crippen LogP contribution in [0.2, 0.25) is 0 Å². The summed E-state index contributed by atoms with van der Waals surface area (Å²) in [5, 5.41) is 22.2. The molecule has 9 heteroatoms. The zero-order chi connectivity index (χ0) is 22.8. The molecule has 32 heavy (non-hydrogen) atoms. The monoisotopic (exact) mass is 434 g/mol. The Morgan fingerprint density at radius 3 is 2.62 bits per heavy atom. The lowest BCUT2D eigenvalue weighted by atomic mass is 9.94. The van der Waals surface area contributed by atoms with Crippen LogP contribution < -0.4 is 4.74 Å².